The van der Waals surface area contributed by atoms with E-state index in [2.05, 4.69) is 25.5 Å². The van der Waals surface area contributed by atoms with E-state index in [-0.39, 0.29) is 28.0 Å². The van der Waals surface area contributed by atoms with Crippen molar-refractivity contribution in [1.29, 1.82) is 0 Å². The Balaban J connectivity index is 1.55. The first-order chi connectivity index (χ1) is 15.6. The van der Waals surface area contributed by atoms with Gasteiger partial charge in [-0.25, -0.2) is 13.6 Å². The minimum atomic E-state index is -4.47. The molecule has 0 aliphatic heterocycles. The number of rotatable bonds is 6. The number of benzene rings is 2. The van der Waals surface area contributed by atoms with E-state index in [4.69, 9.17) is 9.88 Å². The Morgan fingerprint density at radius 1 is 1.03 bits per heavy atom. The molecule has 4 rings (SSSR count). The zero-order valence-corrected chi connectivity index (χ0v) is 17.4. The summed E-state index contributed by atoms with van der Waals surface area (Å²) < 4.78 is 67.8. The van der Waals surface area contributed by atoms with Crippen LogP contribution in [0.2, 0.25) is 0 Å². The highest BCUT2D eigenvalue weighted by Gasteiger charge is 2.30. The zero-order chi connectivity index (χ0) is 23.6. The standard InChI is InChI=1S/C20H15F3N6O3S/c21-20(22,23)13-4-2-5-14(10-13)26-19-27-18(28-29-19)12-3-1-6-15(9-12)32-16-7-8-25-11-17(16)33(24,30)31/h1-11H,(H2,24,30,31)(H2,26,27,28,29). The first-order valence-electron chi connectivity index (χ1n) is 9.22. The van der Waals surface area contributed by atoms with Crippen molar-refractivity contribution < 1.29 is 26.3 Å². The van der Waals surface area contributed by atoms with Gasteiger partial charge in [-0.1, -0.05) is 18.2 Å². The van der Waals surface area contributed by atoms with Crippen molar-refractivity contribution in [3.8, 4) is 22.9 Å². The molecule has 0 spiro atoms. The normalized spacial score (nSPS) is 11.9. The minimum absolute atomic E-state index is 0.00544. The molecule has 0 atom stereocenters. The largest absolute Gasteiger partial charge is 0.456 e. The van der Waals surface area contributed by atoms with E-state index in [9.17, 15) is 21.6 Å². The molecule has 0 saturated heterocycles. The fraction of sp³-hybridized carbons (Fsp3) is 0.0500. The van der Waals surface area contributed by atoms with E-state index in [0.29, 0.717) is 11.4 Å². The number of nitrogens with one attached hydrogen (secondary N) is 2. The van der Waals surface area contributed by atoms with Crippen molar-refractivity contribution in [2.24, 2.45) is 5.14 Å². The Morgan fingerprint density at radius 3 is 2.58 bits per heavy atom. The number of halogens is 3. The number of anilines is 2. The van der Waals surface area contributed by atoms with Crippen molar-refractivity contribution in [3.63, 3.8) is 0 Å². The number of nitrogens with two attached hydrogens (primary N) is 1. The molecular formula is C20H15F3N6O3S. The van der Waals surface area contributed by atoms with Gasteiger partial charge < -0.3 is 15.0 Å². The van der Waals surface area contributed by atoms with Gasteiger partial charge in [0.25, 0.3) is 0 Å². The fourth-order valence-electron chi connectivity index (χ4n) is 2.86. The number of aromatic nitrogens is 4. The van der Waals surface area contributed by atoms with Crippen LogP contribution in [0.5, 0.6) is 11.5 Å². The molecular weight excluding hydrogens is 461 g/mol. The number of nitrogens with zero attached hydrogens (tertiary/aromatic N) is 3. The van der Waals surface area contributed by atoms with Crippen LogP contribution >= 0.6 is 0 Å². The highest BCUT2D eigenvalue weighted by Crippen LogP contribution is 2.32. The molecule has 0 fully saturated rings. The Morgan fingerprint density at radius 2 is 1.82 bits per heavy atom. The summed E-state index contributed by atoms with van der Waals surface area (Å²) in [6.07, 6.45) is -2.03. The Labute approximate surface area is 185 Å². The molecule has 0 aliphatic carbocycles. The van der Waals surface area contributed by atoms with Gasteiger partial charge in [-0.15, -0.1) is 10.2 Å². The second-order valence-electron chi connectivity index (χ2n) is 6.72. The van der Waals surface area contributed by atoms with E-state index in [1.807, 2.05) is 0 Å². The van der Waals surface area contributed by atoms with E-state index in [0.717, 1.165) is 18.3 Å². The number of aromatic amines is 1. The third kappa shape index (κ3) is 5.27. The number of ether oxygens (including phenoxy) is 1. The van der Waals surface area contributed by atoms with Crippen LogP contribution in [-0.4, -0.2) is 28.6 Å². The molecule has 4 aromatic rings. The Kier molecular flexibility index (Phi) is 5.74. The smallest absolute Gasteiger partial charge is 0.416 e. The molecule has 2 aromatic carbocycles. The monoisotopic (exact) mass is 476 g/mol. The lowest BCUT2D eigenvalue weighted by Gasteiger charge is -2.10. The van der Waals surface area contributed by atoms with E-state index in [1.54, 1.807) is 24.3 Å². The van der Waals surface area contributed by atoms with Gasteiger partial charge in [-0.3, -0.25) is 4.98 Å². The quantitative estimate of drug-likeness (QED) is 0.382. The summed E-state index contributed by atoms with van der Waals surface area (Å²) in [5, 5.41) is 15.8. The molecule has 0 aliphatic rings. The van der Waals surface area contributed by atoms with Gasteiger partial charge in [0.05, 0.1) is 11.8 Å². The van der Waals surface area contributed by atoms with Crippen molar-refractivity contribution in [2.75, 3.05) is 5.32 Å². The number of alkyl halides is 3. The van der Waals surface area contributed by atoms with Crippen LogP contribution < -0.4 is 15.2 Å². The van der Waals surface area contributed by atoms with Gasteiger partial charge in [0.2, 0.25) is 16.0 Å². The number of pyridine rings is 1. The average Bonchev–Trinajstić information content (AvgIpc) is 3.22. The lowest BCUT2D eigenvalue weighted by atomic mass is 10.2. The van der Waals surface area contributed by atoms with Crippen molar-refractivity contribution in [2.45, 2.75) is 11.1 Å². The van der Waals surface area contributed by atoms with Crippen molar-refractivity contribution >= 4 is 21.7 Å². The van der Waals surface area contributed by atoms with Gasteiger partial charge in [0.1, 0.15) is 10.6 Å². The average molecular weight is 476 g/mol. The molecule has 9 nitrogen and oxygen atoms in total. The summed E-state index contributed by atoms with van der Waals surface area (Å²) >= 11 is 0. The Hall–Kier alpha value is -3.97. The van der Waals surface area contributed by atoms with Crippen LogP contribution in [0.25, 0.3) is 11.4 Å². The lowest BCUT2D eigenvalue weighted by Crippen LogP contribution is -2.13. The van der Waals surface area contributed by atoms with Crippen LogP contribution in [0, 0.1) is 0 Å². The van der Waals surface area contributed by atoms with Crippen LogP contribution in [0.3, 0.4) is 0 Å². The maximum atomic E-state index is 12.9. The highest BCUT2D eigenvalue weighted by molar-refractivity contribution is 7.89. The predicted molar refractivity (Wildman–Crippen MR) is 112 cm³/mol. The lowest BCUT2D eigenvalue weighted by molar-refractivity contribution is -0.137. The maximum Gasteiger partial charge on any atom is 0.416 e. The summed E-state index contributed by atoms with van der Waals surface area (Å²) in [6.45, 7) is 0. The fourth-order valence-corrected chi connectivity index (χ4v) is 3.46. The van der Waals surface area contributed by atoms with E-state index < -0.39 is 21.8 Å². The maximum absolute atomic E-state index is 12.9. The molecule has 0 bridgehead atoms. The van der Waals surface area contributed by atoms with Crippen molar-refractivity contribution in [3.05, 3.63) is 72.6 Å². The Bertz CT molecular complexity index is 1410. The topological polar surface area (TPSA) is 136 Å². The first-order valence-corrected chi connectivity index (χ1v) is 10.8. The molecule has 0 unspecified atom stereocenters. The second kappa shape index (κ2) is 8.52. The molecule has 0 radical (unpaired) electrons. The van der Waals surface area contributed by atoms with Gasteiger partial charge in [-0.05, 0) is 30.3 Å². The number of primary sulfonamides is 1. The summed E-state index contributed by atoms with van der Waals surface area (Å²) in [4.78, 5) is 6.33. The van der Waals surface area contributed by atoms with Crippen LogP contribution in [0.15, 0.2) is 71.9 Å². The predicted octanol–water partition coefficient (Wildman–Crippen LogP) is 4.07. The second-order valence-corrected chi connectivity index (χ2v) is 8.25. The molecule has 4 N–H and O–H groups in total. The summed E-state index contributed by atoms with van der Waals surface area (Å²) in [7, 11) is -4.05. The SMILES string of the molecule is NS(=O)(=O)c1cnccc1Oc1cccc(-c2nnc(Nc3cccc(C(F)(F)F)c3)[nH]2)c1. The molecule has 0 saturated carbocycles. The van der Waals surface area contributed by atoms with Crippen LogP contribution in [-0.2, 0) is 16.2 Å². The minimum Gasteiger partial charge on any atom is -0.456 e. The van der Waals surface area contributed by atoms with Gasteiger partial charge >= 0.3 is 6.18 Å². The summed E-state index contributed by atoms with van der Waals surface area (Å²) in [6, 6.07) is 12.5. The number of sulfonamides is 1. The van der Waals surface area contributed by atoms with Gasteiger partial charge in [-0.2, -0.15) is 13.2 Å². The van der Waals surface area contributed by atoms with Gasteiger partial charge in [0, 0.05) is 23.5 Å². The summed E-state index contributed by atoms with van der Waals surface area (Å²) in [5.41, 5.74) is -0.0896. The summed E-state index contributed by atoms with van der Waals surface area (Å²) in [5.74, 6) is 0.708. The number of hydrogen-bond donors (Lipinski definition) is 3. The van der Waals surface area contributed by atoms with E-state index >= 15 is 0 Å². The van der Waals surface area contributed by atoms with Crippen LogP contribution in [0.1, 0.15) is 5.56 Å². The highest BCUT2D eigenvalue weighted by atomic mass is 32.2. The number of hydrogen-bond acceptors (Lipinski definition) is 7. The third-order valence-electron chi connectivity index (χ3n) is 4.33. The van der Waals surface area contributed by atoms with Crippen LogP contribution in [0.4, 0.5) is 24.8 Å². The molecule has 2 heterocycles. The molecule has 0 amide bonds. The third-order valence-corrected chi connectivity index (χ3v) is 5.25. The molecule has 13 heteroatoms. The molecule has 33 heavy (non-hydrogen) atoms. The van der Waals surface area contributed by atoms with E-state index in [1.165, 1.54) is 24.4 Å². The number of H-pyrrole nitrogens is 1. The van der Waals surface area contributed by atoms with Crippen molar-refractivity contribution in [1.82, 2.24) is 20.2 Å². The zero-order valence-electron chi connectivity index (χ0n) is 16.5. The first kappa shape index (κ1) is 22.2. The molecule has 170 valence electrons. The molecule has 2 aromatic heterocycles. The van der Waals surface area contributed by atoms with Gasteiger partial charge in [0.15, 0.2) is 11.6 Å².